The topological polar surface area (TPSA) is 59.1 Å². The van der Waals surface area contributed by atoms with Gasteiger partial charge in [-0.25, -0.2) is 4.39 Å². The number of hydrogen-bond donors (Lipinski definition) is 0. The van der Waals surface area contributed by atoms with Gasteiger partial charge in [0, 0.05) is 37.2 Å². The number of carbonyl (C=O) groups is 2. The molecule has 0 bridgehead atoms. The first kappa shape index (κ1) is 24.9. The highest BCUT2D eigenvalue weighted by Gasteiger charge is 2.34. The number of fused-ring (bicyclic) bond motifs is 1. The molecule has 35 heavy (non-hydrogen) atoms. The fraction of sp³-hybridized carbons (Fsp3) is 0.333. The maximum atomic E-state index is 13.7. The molecule has 1 aromatic heterocycles. The number of hydrogen-bond acceptors (Lipinski definition) is 5. The molecule has 0 radical (unpaired) electrons. The molecule has 0 aliphatic carbocycles. The molecule has 1 unspecified atom stereocenters. The second-order valence-corrected chi connectivity index (χ2v) is 9.40. The van der Waals surface area contributed by atoms with Crippen LogP contribution >= 0.6 is 11.3 Å². The van der Waals surface area contributed by atoms with E-state index in [2.05, 4.69) is 0 Å². The van der Waals surface area contributed by atoms with Gasteiger partial charge in [-0.3, -0.25) is 9.59 Å². The van der Waals surface area contributed by atoms with E-state index in [-0.39, 0.29) is 30.2 Å². The van der Waals surface area contributed by atoms with Crippen LogP contribution in [-0.2, 0) is 16.0 Å². The highest BCUT2D eigenvalue weighted by Crippen LogP contribution is 2.38. The summed E-state index contributed by atoms with van der Waals surface area (Å²) in [6.07, 6.45) is 1.36. The van der Waals surface area contributed by atoms with Crippen LogP contribution in [0.5, 0.6) is 5.75 Å². The number of benzene rings is 2. The van der Waals surface area contributed by atoms with E-state index in [1.807, 2.05) is 16.3 Å². The maximum absolute atomic E-state index is 13.7. The lowest BCUT2D eigenvalue weighted by atomic mass is 9.93. The van der Waals surface area contributed by atoms with E-state index < -0.39 is 0 Å². The summed E-state index contributed by atoms with van der Waals surface area (Å²) in [5.41, 5.74) is 2.37. The lowest BCUT2D eigenvalue weighted by Crippen LogP contribution is -2.47. The van der Waals surface area contributed by atoms with Gasteiger partial charge in [-0.15, -0.1) is 11.3 Å². The average molecular weight is 497 g/mol. The SMILES string of the molecule is COCCCN(CC(=O)N1CCc2sccc2C1c1ccc(F)cc1)C(=O)c1cccc(OC)c1. The molecule has 1 aliphatic rings. The van der Waals surface area contributed by atoms with E-state index >= 15 is 0 Å². The van der Waals surface area contributed by atoms with E-state index in [4.69, 9.17) is 9.47 Å². The second-order valence-electron chi connectivity index (χ2n) is 8.40. The van der Waals surface area contributed by atoms with Gasteiger partial charge < -0.3 is 19.3 Å². The lowest BCUT2D eigenvalue weighted by Gasteiger charge is -2.37. The Kier molecular flexibility index (Phi) is 8.15. The molecule has 4 rings (SSSR count). The van der Waals surface area contributed by atoms with Crippen molar-refractivity contribution in [3.63, 3.8) is 0 Å². The molecule has 0 N–H and O–H groups in total. The van der Waals surface area contributed by atoms with Gasteiger partial charge in [-0.1, -0.05) is 18.2 Å². The molecule has 2 amide bonds. The van der Waals surface area contributed by atoms with Crippen LogP contribution < -0.4 is 4.74 Å². The quantitative estimate of drug-likeness (QED) is 0.408. The van der Waals surface area contributed by atoms with Gasteiger partial charge >= 0.3 is 0 Å². The Morgan fingerprint density at radius 2 is 1.94 bits per heavy atom. The number of methoxy groups -OCH3 is 2. The summed E-state index contributed by atoms with van der Waals surface area (Å²) in [4.78, 5) is 31.7. The molecule has 0 spiro atoms. The number of rotatable bonds is 9. The van der Waals surface area contributed by atoms with E-state index in [0.717, 1.165) is 17.5 Å². The smallest absolute Gasteiger partial charge is 0.254 e. The standard InChI is InChI=1S/C27H29FN2O4S/c1-33-15-4-13-29(27(32)20-5-3-6-22(17-20)34-2)18-25(31)30-14-11-24-23(12-16-35-24)26(30)19-7-9-21(28)10-8-19/h3,5-10,12,16-17,26H,4,11,13-15,18H2,1-2H3. The van der Waals surface area contributed by atoms with Gasteiger partial charge in [-0.2, -0.15) is 0 Å². The van der Waals surface area contributed by atoms with Crippen molar-refractivity contribution in [3.8, 4) is 5.75 Å². The minimum Gasteiger partial charge on any atom is -0.497 e. The molecule has 2 heterocycles. The van der Waals surface area contributed by atoms with Gasteiger partial charge in [0.05, 0.1) is 13.2 Å². The molecule has 2 aromatic carbocycles. The molecule has 3 aromatic rings. The van der Waals surface area contributed by atoms with Crippen LogP contribution in [0.3, 0.4) is 0 Å². The Morgan fingerprint density at radius 3 is 2.69 bits per heavy atom. The number of thiophene rings is 1. The summed E-state index contributed by atoms with van der Waals surface area (Å²) in [7, 11) is 3.16. The number of amides is 2. The second kappa shape index (κ2) is 11.5. The van der Waals surface area contributed by atoms with Crippen LogP contribution in [0, 0.1) is 5.82 Å². The molecule has 1 atom stereocenters. The number of ether oxygens (including phenoxy) is 2. The van der Waals surface area contributed by atoms with E-state index in [1.165, 1.54) is 17.0 Å². The van der Waals surface area contributed by atoms with Crippen LogP contribution in [0.2, 0.25) is 0 Å². The molecule has 184 valence electrons. The Hall–Kier alpha value is -3.23. The van der Waals surface area contributed by atoms with Crippen LogP contribution in [0.4, 0.5) is 4.39 Å². The highest BCUT2D eigenvalue weighted by atomic mass is 32.1. The van der Waals surface area contributed by atoms with Crippen molar-refractivity contribution in [2.45, 2.75) is 18.9 Å². The molecular formula is C27H29FN2O4S. The predicted molar refractivity (Wildman–Crippen MR) is 133 cm³/mol. The van der Waals surface area contributed by atoms with Crippen LogP contribution in [0.1, 0.15) is 38.8 Å². The first-order valence-electron chi connectivity index (χ1n) is 11.5. The van der Waals surface area contributed by atoms with E-state index in [1.54, 1.807) is 66.9 Å². The van der Waals surface area contributed by atoms with Crippen LogP contribution in [0.15, 0.2) is 60.0 Å². The van der Waals surface area contributed by atoms with Crippen molar-refractivity contribution in [2.24, 2.45) is 0 Å². The number of halogens is 1. The van der Waals surface area contributed by atoms with Gasteiger partial charge in [0.1, 0.15) is 18.1 Å². The van der Waals surface area contributed by atoms with E-state index in [0.29, 0.717) is 37.4 Å². The van der Waals surface area contributed by atoms with Crippen molar-refractivity contribution in [1.29, 1.82) is 0 Å². The van der Waals surface area contributed by atoms with Crippen LogP contribution in [0.25, 0.3) is 0 Å². The zero-order valence-electron chi connectivity index (χ0n) is 19.9. The van der Waals surface area contributed by atoms with Crippen molar-refractivity contribution in [2.75, 3.05) is 40.5 Å². The van der Waals surface area contributed by atoms with Gasteiger partial charge in [0.25, 0.3) is 5.91 Å². The molecule has 6 nitrogen and oxygen atoms in total. The van der Waals surface area contributed by atoms with Crippen molar-refractivity contribution >= 4 is 23.2 Å². The molecule has 0 saturated heterocycles. The Labute approximate surface area is 208 Å². The molecule has 0 saturated carbocycles. The number of carbonyl (C=O) groups excluding carboxylic acids is 2. The summed E-state index contributed by atoms with van der Waals surface area (Å²) >= 11 is 1.67. The molecule has 8 heteroatoms. The van der Waals surface area contributed by atoms with Gasteiger partial charge in [0.2, 0.25) is 5.91 Å². The monoisotopic (exact) mass is 496 g/mol. The summed E-state index contributed by atoms with van der Waals surface area (Å²) in [5, 5.41) is 2.03. The fourth-order valence-electron chi connectivity index (χ4n) is 4.43. The first-order chi connectivity index (χ1) is 17.0. The normalized spacial score (nSPS) is 14.9. The Balaban J connectivity index is 1.60. The molecule has 0 fully saturated rings. The van der Waals surface area contributed by atoms with Gasteiger partial charge in [-0.05, 0) is 65.7 Å². The Bertz CT molecular complexity index is 1160. The van der Waals surface area contributed by atoms with Gasteiger partial charge in [0.15, 0.2) is 0 Å². The maximum Gasteiger partial charge on any atom is 0.254 e. The summed E-state index contributed by atoms with van der Waals surface area (Å²) < 4.78 is 24.1. The largest absolute Gasteiger partial charge is 0.497 e. The van der Waals surface area contributed by atoms with Crippen molar-refractivity contribution in [3.05, 3.63) is 87.4 Å². The van der Waals surface area contributed by atoms with E-state index in [9.17, 15) is 14.0 Å². The average Bonchev–Trinajstić information content (AvgIpc) is 3.37. The third-order valence-electron chi connectivity index (χ3n) is 6.18. The summed E-state index contributed by atoms with van der Waals surface area (Å²) in [6, 6.07) is 14.9. The fourth-order valence-corrected chi connectivity index (χ4v) is 5.34. The third-order valence-corrected chi connectivity index (χ3v) is 7.18. The lowest BCUT2D eigenvalue weighted by molar-refractivity contribution is -0.134. The third kappa shape index (κ3) is 5.71. The Morgan fingerprint density at radius 1 is 1.14 bits per heavy atom. The summed E-state index contributed by atoms with van der Waals surface area (Å²) in [5.74, 6) is -0.123. The molecular weight excluding hydrogens is 467 g/mol. The zero-order valence-corrected chi connectivity index (χ0v) is 20.7. The first-order valence-corrected chi connectivity index (χ1v) is 12.4. The molecule has 1 aliphatic heterocycles. The summed E-state index contributed by atoms with van der Waals surface area (Å²) in [6.45, 7) is 1.34. The zero-order chi connectivity index (χ0) is 24.8. The predicted octanol–water partition coefficient (Wildman–Crippen LogP) is 4.55. The number of nitrogens with zero attached hydrogens (tertiary/aromatic N) is 2. The van der Waals surface area contributed by atoms with Crippen LogP contribution in [-0.4, -0.2) is 62.1 Å². The van der Waals surface area contributed by atoms with Crippen molar-refractivity contribution in [1.82, 2.24) is 9.80 Å². The minimum atomic E-state index is -0.318. The highest BCUT2D eigenvalue weighted by molar-refractivity contribution is 7.10. The minimum absolute atomic E-state index is 0.0586. The van der Waals surface area contributed by atoms with Crippen molar-refractivity contribution < 1.29 is 23.5 Å².